The second-order valence-corrected chi connectivity index (χ2v) is 14.6. The highest BCUT2D eigenvalue weighted by molar-refractivity contribution is 6.23. The molecule has 56 heavy (non-hydrogen) atoms. The molecule has 0 N–H and O–H groups in total. The van der Waals surface area contributed by atoms with E-state index in [1.54, 1.807) is 0 Å². The number of benzene rings is 7. The van der Waals surface area contributed by atoms with E-state index in [2.05, 4.69) is 140 Å². The maximum Gasteiger partial charge on any atom is 0.163 e. The van der Waals surface area contributed by atoms with E-state index < -0.39 is 0 Å². The summed E-state index contributed by atoms with van der Waals surface area (Å²) in [6.07, 6.45) is 8.56. The monoisotopic (exact) mass is 718 g/mol. The van der Waals surface area contributed by atoms with Crippen molar-refractivity contribution in [1.29, 1.82) is 0 Å². The molecule has 264 valence electrons. The fourth-order valence-corrected chi connectivity index (χ4v) is 8.32. The second-order valence-electron chi connectivity index (χ2n) is 14.6. The molecule has 0 saturated carbocycles. The number of fused-ring (bicyclic) bond motifs is 8. The van der Waals surface area contributed by atoms with E-state index in [-0.39, 0.29) is 11.8 Å². The third-order valence-corrected chi connectivity index (χ3v) is 11.2. The van der Waals surface area contributed by atoms with Crippen LogP contribution in [0.3, 0.4) is 0 Å². The lowest BCUT2D eigenvalue weighted by molar-refractivity contribution is 0.600. The lowest BCUT2D eigenvalue weighted by atomic mass is 9.89. The summed E-state index contributed by atoms with van der Waals surface area (Å²) in [4.78, 5) is 20.4. The normalized spacial score (nSPS) is 15.4. The molecular weight excluding hydrogens is 685 g/mol. The molecule has 0 amide bonds. The van der Waals surface area contributed by atoms with Crippen molar-refractivity contribution in [3.63, 3.8) is 0 Å². The molecule has 1 aliphatic rings. The molecule has 10 aromatic rings. The van der Waals surface area contributed by atoms with Crippen molar-refractivity contribution in [1.82, 2.24) is 19.9 Å². The van der Waals surface area contributed by atoms with Gasteiger partial charge in [-0.3, -0.25) is 0 Å². The topological polar surface area (TPSA) is 64.7 Å². The summed E-state index contributed by atoms with van der Waals surface area (Å²) in [5, 5.41) is 7.86. The molecular formula is C51H34N4O. The van der Waals surface area contributed by atoms with Crippen LogP contribution in [0, 0.1) is 5.92 Å². The molecule has 0 aliphatic heterocycles. The highest BCUT2D eigenvalue weighted by Crippen LogP contribution is 2.44. The Morgan fingerprint density at radius 1 is 0.482 bits per heavy atom. The van der Waals surface area contributed by atoms with E-state index in [0.29, 0.717) is 11.6 Å². The Hall–Kier alpha value is -7.24. The Morgan fingerprint density at radius 3 is 1.93 bits per heavy atom. The molecule has 3 aromatic heterocycles. The first-order valence-corrected chi connectivity index (χ1v) is 19.1. The molecule has 3 heterocycles. The number of pyridine rings is 1. The van der Waals surface area contributed by atoms with Crippen LogP contribution < -0.4 is 0 Å². The number of hydrogen-bond donors (Lipinski definition) is 0. The van der Waals surface area contributed by atoms with Crippen LogP contribution in [0.25, 0.3) is 99.5 Å². The Morgan fingerprint density at radius 2 is 1.12 bits per heavy atom. The lowest BCUT2D eigenvalue weighted by Gasteiger charge is -2.20. The first kappa shape index (κ1) is 32.2. The molecule has 0 spiro atoms. The van der Waals surface area contributed by atoms with Gasteiger partial charge in [-0.05, 0) is 62.9 Å². The maximum absolute atomic E-state index is 6.74. The van der Waals surface area contributed by atoms with Crippen molar-refractivity contribution in [3.8, 4) is 45.2 Å². The third-order valence-electron chi connectivity index (χ3n) is 11.2. The Balaban J connectivity index is 1.04. The van der Waals surface area contributed by atoms with Crippen LogP contribution in [0.15, 0.2) is 180 Å². The summed E-state index contributed by atoms with van der Waals surface area (Å²) >= 11 is 0. The highest BCUT2D eigenvalue weighted by atomic mass is 16.3. The predicted octanol–water partition coefficient (Wildman–Crippen LogP) is 13.1. The van der Waals surface area contributed by atoms with Crippen molar-refractivity contribution in [2.24, 2.45) is 5.92 Å². The van der Waals surface area contributed by atoms with Gasteiger partial charge in [-0.25, -0.2) is 19.9 Å². The van der Waals surface area contributed by atoms with Crippen LogP contribution in [-0.4, -0.2) is 19.9 Å². The van der Waals surface area contributed by atoms with Crippen LogP contribution in [0.1, 0.15) is 18.7 Å². The zero-order valence-corrected chi connectivity index (χ0v) is 30.6. The van der Waals surface area contributed by atoms with Crippen molar-refractivity contribution in [3.05, 3.63) is 182 Å². The van der Waals surface area contributed by atoms with Gasteiger partial charge in [0.2, 0.25) is 0 Å². The van der Waals surface area contributed by atoms with E-state index in [0.717, 1.165) is 72.2 Å². The summed E-state index contributed by atoms with van der Waals surface area (Å²) in [5.74, 6) is 2.47. The lowest BCUT2D eigenvalue weighted by Crippen LogP contribution is -2.13. The van der Waals surface area contributed by atoms with Gasteiger partial charge in [-0.1, -0.05) is 159 Å². The van der Waals surface area contributed by atoms with Crippen LogP contribution >= 0.6 is 0 Å². The maximum atomic E-state index is 6.74. The fraction of sp³-hybridized carbons (Fsp3) is 0.0588. The number of aromatic nitrogens is 4. The van der Waals surface area contributed by atoms with Gasteiger partial charge < -0.3 is 4.42 Å². The van der Waals surface area contributed by atoms with E-state index in [9.17, 15) is 0 Å². The summed E-state index contributed by atoms with van der Waals surface area (Å²) < 4.78 is 6.74. The summed E-state index contributed by atoms with van der Waals surface area (Å²) in [6, 6.07) is 52.9. The number of rotatable bonds is 5. The smallest absolute Gasteiger partial charge is 0.163 e. The predicted molar refractivity (Wildman–Crippen MR) is 229 cm³/mol. The molecule has 0 fully saturated rings. The van der Waals surface area contributed by atoms with Crippen LogP contribution in [0.2, 0.25) is 0 Å². The number of furan rings is 1. The summed E-state index contributed by atoms with van der Waals surface area (Å²) in [6.45, 7) is 2.20. The van der Waals surface area contributed by atoms with Crippen molar-refractivity contribution >= 4 is 54.4 Å². The molecule has 5 heteroatoms. The first-order chi connectivity index (χ1) is 27.7. The van der Waals surface area contributed by atoms with E-state index in [1.807, 2.05) is 42.5 Å². The molecule has 1 aliphatic carbocycles. The Kier molecular flexibility index (Phi) is 7.46. The zero-order valence-electron chi connectivity index (χ0n) is 30.6. The van der Waals surface area contributed by atoms with Gasteiger partial charge >= 0.3 is 0 Å². The second kappa shape index (κ2) is 13.0. The molecule has 2 atom stereocenters. The first-order valence-electron chi connectivity index (χ1n) is 19.1. The number of hydrogen-bond acceptors (Lipinski definition) is 5. The van der Waals surface area contributed by atoms with E-state index in [1.165, 1.54) is 21.5 Å². The Bertz CT molecular complexity index is 3220. The molecule has 0 saturated heterocycles. The molecule has 5 nitrogen and oxygen atoms in total. The highest BCUT2D eigenvalue weighted by Gasteiger charge is 2.23. The minimum atomic E-state index is 0.0743. The summed E-state index contributed by atoms with van der Waals surface area (Å²) in [7, 11) is 0. The van der Waals surface area contributed by atoms with Crippen LogP contribution in [-0.2, 0) is 0 Å². The number of para-hydroxylation sites is 1. The van der Waals surface area contributed by atoms with Gasteiger partial charge in [0.25, 0.3) is 0 Å². The van der Waals surface area contributed by atoms with Gasteiger partial charge in [-0.15, -0.1) is 0 Å². The molecule has 7 aromatic carbocycles. The molecule has 0 bridgehead atoms. The van der Waals surface area contributed by atoms with Gasteiger partial charge in [0, 0.05) is 33.4 Å². The number of allylic oxidation sites excluding steroid dienone is 4. The minimum Gasteiger partial charge on any atom is -0.455 e. The average Bonchev–Trinajstić information content (AvgIpc) is 3.66. The standard InChI is InChI=1S/C51H34N4O/c1-31-13-5-7-17-37(31)51-54-49(33-14-3-2-4-15-33)53-50(55-51)34-25-23-32(24-26-34)35-27-28-44-43(29-35)48-46(41-21-11-12-22-45(41)56-48)47(52-44)42-30-36-16-6-8-18-38(36)39-19-9-10-20-40(39)42/h2-31,37H,1H3. The van der Waals surface area contributed by atoms with E-state index in [4.69, 9.17) is 24.4 Å². The minimum absolute atomic E-state index is 0.0743. The zero-order chi connectivity index (χ0) is 37.2. The molecule has 0 radical (unpaired) electrons. The van der Waals surface area contributed by atoms with Gasteiger partial charge in [0.1, 0.15) is 17.0 Å². The largest absolute Gasteiger partial charge is 0.455 e. The summed E-state index contributed by atoms with van der Waals surface area (Å²) in [5.41, 5.74) is 8.66. The van der Waals surface area contributed by atoms with Crippen molar-refractivity contribution in [2.75, 3.05) is 0 Å². The van der Waals surface area contributed by atoms with Crippen molar-refractivity contribution in [2.45, 2.75) is 12.8 Å². The SMILES string of the molecule is CC1C=CC=CC1c1nc(-c2ccccc2)nc(-c2ccc(-c3ccc4nc(-c5cc6ccccc6c6ccccc56)c5c6ccccc6oc5c4c3)cc2)n1. The van der Waals surface area contributed by atoms with Gasteiger partial charge in [0.05, 0.1) is 16.6 Å². The quantitative estimate of drug-likeness (QED) is 0.166. The van der Waals surface area contributed by atoms with Gasteiger partial charge in [-0.2, -0.15) is 0 Å². The molecule has 2 unspecified atom stereocenters. The van der Waals surface area contributed by atoms with Crippen LogP contribution in [0.5, 0.6) is 0 Å². The average molecular weight is 719 g/mol. The fourth-order valence-electron chi connectivity index (χ4n) is 8.32. The third kappa shape index (κ3) is 5.31. The van der Waals surface area contributed by atoms with E-state index >= 15 is 0 Å². The Labute approximate surface area is 323 Å². The van der Waals surface area contributed by atoms with Crippen LogP contribution in [0.4, 0.5) is 0 Å². The number of nitrogens with zero attached hydrogens (tertiary/aromatic N) is 4. The molecule has 11 rings (SSSR count). The van der Waals surface area contributed by atoms with Gasteiger partial charge in [0.15, 0.2) is 11.6 Å². The van der Waals surface area contributed by atoms with Crippen molar-refractivity contribution < 1.29 is 4.42 Å².